The smallest absolute Gasteiger partial charge is 0.312 e. The molecule has 1 aliphatic carbocycles. The van der Waals surface area contributed by atoms with Gasteiger partial charge in [-0.25, -0.2) is 4.79 Å². The molecule has 3 amide bonds. The van der Waals surface area contributed by atoms with Crippen LogP contribution in [-0.4, -0.2) is 47.2 Å². The van der Waals surface area contributed by atoms with Crippen molar-refractivity contribution in [3.8, 4) is 0 Å². The van der Waals surface area contributed by atoms with Crippen LogP contribution in [0.5, 0.6) is 0 Å². The summed E-state index contributed by atoms with van der Waals surface area (Å²) >= 11 is 0. The van der Waals surface area contributed by atoms with Crippen molar-refractivity contribution in [2.75, 3.05) is 13.1 Å². The molecule has 1 saturated heterocycles. The molecule has 108 valence electrons. The minimum Gasteiger partial charge on any atom is -0.393 e. The predicted molar refractivity (Wildman–Crippen MR) is 70.1 cm³/mol. The van der Waals surface area contributed by atoms with Crippen molar-refractivity contribution >= 4 is 11.9 Å². The zero-order valence-corrected chi connectivity index (χ0v) is 11.5. The second-order valence-electron chi connectivity index (χ2n) is 6.04. The summed E-state index contributed by atoms with van der Waals surface area (Å²) in [6.45, 7) is 5.03. The Morgan fingerprint density at radius 3 is 2.53 bits per heavy atom. The van der Waals surface area contributed by atoms with E-state index >= 15 is 0 Å². The van der Waals surface area contributed by atoms with Gasteiger partial charge < -0.3 is 21.1 Å². The maximum atomic E-state index is 12.4. The molecule has 6 nitrogen and oxygen atoms in total. The van der Waals surface area contributed by atoms with Gasteiger partial charge in [0.25, 0.3) is 0 Å². The summed E-state index contributed by atoms with van der Waals surface area (Å²) in [5, 5.41) is 12.4. The first-order valence-electron chi connectivity index (χ1n) is 6.93. The van der Waals surface area contributed by atoms with Gasteiger partial charge in [0.1, 0.15) is 6.04 Å². The van der Waals surface area contributed by atoms with E-state index in [0.717, 1.165) is 12.8 Å². The number of carbonyl (C=O) groups is 2. The highest BCUT2D eigenvalue weighted by atomic mass is 16.3. The fourth-order valence-corrected chi connectivity index (χ4v) is 3.28. The Hall–Kier alpha value is -1.30. The molecule has 0 spiro atoms. The lowest BCUT2D eigenvalue weighted by molar-refractivity contribution is -0.133. The highest BCUT2D eigenvalue weighted by Crippen LogP contribution is 2.38. The van der Waals surface area contributed by atoms with Gasteiger partial charge in [0.05, 0.1) is 6.10 Å². The largest absolute Gasteiger partial charge is 0.393 e. The molecule has 4 atom stereocenters. The van der Waals surface area contributed by atoms with E-state index in [-0.39, 0.29) is 23.8 Å². The summed E-state index contributed by atoms with van der Waals surface area (Å²) in [7, 11) is 0. The van der Waals surface area contributed by atoms with Crippen LogP contribution in [0.25, 0.3) is 0 Å². The van der Waals surface area contributed by atoms with Crippen LogP contribution in [0.3, 0.4) is 0 Å². The second-order valence-corrected chi connectivity index (χ2v) is 6.04. The fraction of sp³-hybridized carbons (Fsp3) is 0.846. The lowest BCUT2D eigenvalue weighted by Crippen LogP contribution is -2.52. The van der Waals surface area contributed by atoms with Crippen LogP contribution in [0.15, 0.2) is 0 Å². The summed E-state index contributed by atoms with van der Waals surface area (Å²) in [5.41, 5.74) is 5.12. The number of nitrogens with one attached hydrogen (secondary N) is 1. The molecule has 19 heavy (non-hydrogen) atoms. The molecular formula is C13H23N3O3. The molecular weight excluding hydrogens is 246 g/mol. The first-order chi connectivity index (χ1) is 8.90. The van der Waals surface area contributed by atoms with Crippen LogP contribution in [0.2, 0.25) is 0 Å². The molecule has 4 N–H and O–H groups in total. The number of aliphatic hydroxyl groups is 1. The third-order valence-corrected chi connectivity index (χ3v) is 4.36. The topological polar surface area (TPSA) is 95.7 Å². The minimum atomic E-state index is -0.675. The van der Waals surface area contributed by atoms with E-state index in [0.29, 0.717) is 19.0 Å². The molecule has 0 bridgehead atoms. The van der Waals surface area contributed by atoms with E-state index in [1.807, 2.05) is 13.8 Å². The fourth-order valence-electron chi connectivity index (χ4n) is 3.28. The zero-order chi connectivity index (χ0) is 14.2. The third-order valence-electron chi connectivity index (χ3n) is 4.36. The van der Waals surface area contributed by atoms with E-state index in [2.05, 4.69) is 5.32 Å². The number of amides is 3. The summed E-state index contributed by atoms with van der Waals surface area (Å²) in [6.07, 6.45) is 1.53. The average molecular weight is 269 g/mol. The Balaban J connectivity index is 2.01. The second kappa shape index (κ2) is 5.36. The Morgan fingerprint density at radius 1 is 1.32 bits per heavy atom. The molecule has 2 aliphatic rings. The molecule has 1 saturated carbocycles. The van der Waals surface area contributed by atoms with Crippen molar-refractivity contribution in [1.29, 1.82) is 0 Å². The van der Waals surface area contributed by atoms with Gasteiger partial charge in [0, 0.05) is 19.0 Å². The van der Waals surface area contributed by atoms with E-state index in [1.54, 1.807) is 4.90 Å². The number of likely N-dealkylation sites (tertiary alicyclic amines) is 1. The third kappa shape index (κ3) is 2.83. The molecule has 1 heterocycles. The van der Waals surface area contributed by atoms with Crippen molar-refractivity contribution in [2.45, 2.75) is 38.8 Å². The highest BCUT2D eigenvalue weighted by Gasteiger charge is 2.44. The number of rotatable bonds is 3. The average Bonchev–Trinajstić information content (AvgIpc) is 2.87. The maximum Gasteiger partial charge on any atom is 0.312 e. The summed E-state index contributed by atoms with van der Waals surface area (Å²) in [5.74, 6) is 0.506. The zero-order valence-electron chi connectivity index (χ0n) is 11.5. The molecule has 2 rings (SSSR count). The normalized spacial score (nSPS) is 31.4. The van der Waals surface area contributed by atoms with Gasteiger partial charge in [0.2, 0.25) is 5.91 Å². The Kier molecular flexibility index (Phi) is 3.99. The lowest BCUT2D eigenvalue weighted by Gasteiger charge is -2.27. The van der Waals surface area contributed by atoms with Gasteiger partial charge in [-0.3, -0.25) is 4.79 Å². The Morgan fingerprint density at radius 2 is 2.00 bits per heavy atom. The van der Waals surface area contributed by atoms with Crippen molar-refractivity contribution in [1.82, 2.24) is 10.2 Å². The number of hydrogen-bond acceptors (Lipinski definition) is 3. The SMILES string of the molecule is CC(C)C(NC(N)=O)C(=O)N1CC2CCC(O)C2C1. The first-order valence-corrected chi connectivity index (χ1v) is 6.93. The minimum absolute atomic E-state index is 0.00892. The Bertz CT molecular complexity index is 372. The molecule has 0 aromatic rings. The Labute approximate surface area is 113 Å². The van der Waals surface area contributed by atoms with Crippen LogP contribution < -0.4 is 11.1 Å². The summed E-state index contributed by atoms with van der Waals surface area (Å²) in [4.78, 5) is 25.2. The van der Waals surface area contributed by atoms with Gasteiger partial charge in [0.15, 0.2) is 0 Å². The van der Waals surface area contributed by atoms with Crippen LogP contribution in [0.4, 0.5) is 4.79 Å². The molecule has 4 unspecified atom stereocenters. The van der Waals surface area contributed by atoms with Crippen LogP contribution in [0, 0.1) is 17.8 Å². The van der Waals surface area contributed by atoms with Gasteiger partial charge in [-0.05, 0) is 24.7 Å². The monoisotopic (exact) mass is 269 g/mol. The van der Waals surface area contributed by atoms with Crippen LogP contribution in [0.1, 0.15) is 26.7 Å². The summed E-state index contributed by atoms with van der Waals surface area (Å²) < 4.78 is 0. The number of carbonyl (C=O) groups excluding carboxylic acids is 2. The summed E-state index contributed by atoms with van der Waals surface area (Å²) in [6, 6.07) is -1.25. The molecule has 6 heteroatoms. The highest BCUT2D eigenvalue weighted by molar-refractivity contribution is 5.87. The van der Waals surface area contributed by atoms with E-state index in [9.17, 15) is 14.7 Å². The molecule has 1 aliphatic heterocycles. The van der Waals surface area contributed by atoms with Gasteiger partial charge in [-0.15, -0.1) is 0 Å². The molecule has 2 fully saturated rings. The molecule has 0 aromatic heterocycles. The van der Waals surface area contributed by atoms with Crippen molar-refractivity contribution in [2.24, 2.45) is 23.5 Å². The number of hydrogen-bond donors (Lipinski definition) is 3. The van der Waals surface area contributed by atoms with Crippen molar-refractivity contribution in [3.63, 3.8) is 0 Å². The van der Waals surface area contributed by atoms with Gasteiger partial charge in [-0.2, -0.15) is 0 Å². The molecule has 0 aromatic carbocycles. The maximum absolute atomic E-state index is 12.4. The number of nitrogens with zero attached hydrogens (tertiary/aromatic N) is 1. The van der Waals surface area contributed by atoms with Crippen LogP contribution in [-0.2, 0) is 4.79 Å². The van der Waals surface area contributed by atoms with Gasteiger partial charge >= 0.3 is 6.03 Å². The predicted octanol–water partition coefficient (Wildman–Crippen LogP) is -0.0914. The molecule has 0 radical (unpaired) electrons. The quantitative estimate of drug-likeness (QED) is 0.668. The van der Waals surface area contributed by atoms with Crippen molar-refractivity contribution in [3.05, 3.63) is 0 Å². The lowest BCUT2D eigenvalue weighted by atomic mass is 10.00. The van der Waals surface area contributed by atoms with Crippen molar-refractivity contribution < 1.29 is 14.7 Å². The number of nitrogens with two attached hydrogens (primary N) is 1. The number of primary amides is 1. The van der Waals surface area contributed by atoms with E-state index in [4.69, 9.17) is 5.73 Å². The number of aliphatic hydroxyl groups excluding tert-OH is 1. The number of urea groups is 1. The standard InChI is InChI=1S/C13H23N3O3/c1-7(2)11(15-13(14)19)12(18)16-5-8-3-4-10(17)9(8)6-16/h7-11,17H,3-6H2,1-2H3,(H3,14,15,19). The number of fused-ring (bicyclic) bond motifs is 1. The van der Waals surface area contributed by atoms with Crippen LogP contribution >= 0.6 is 0 Å². The van der Waals surface area contributed by atoms with E-state index < -0.39 is 12.1 Å². The first kappa shape index (κ1) is 14.1. The van der Waals surface area contributed by atoms with E-state index in [1.165, 1.54) is 0 Å². The van der Waals surface area contributed by atoms with Gasteiger partial charge in [-0.1, -0.05) is 13.8 Å².